The number of rotatable bonds is 5. The number of nitrogens with one attached hydrogen (secondary N) is 1. The molecular weight excluding hydrogens is 214 g/mol. The fourth-order valence-electron chi connectivity index (χ4n) is 1.19. The smallest absolute Gasteiger partial charge is 0.240 e. The van der Waals surface area contributed by atoms with Gasteiger partial charge in [0.25, 0.3) is 0 Å². The molecule has 4 nitrogen and oxygen atoms in total. The fourth-order valence-corrected chi connectivity index (χ4v) is 2.48. The van der Waals surface area contributed by atoms with E-state index in [4.69, 9.17) is 5.11 Å². The summed E-state index contributed by atoms with van der Waals surface area (Å²) in [6.07, 6.45) is 0.409. The molecule has 0 saturated heterocycles. The van der Waals surface area contributed by atoms with Crippen LogP contribution in [0.1, 0.15) is 13.3 Å². The van der Waals surface area contributed by atoms with Gasteiger partial charge in [0.2, 0.25) is 10.0 Å². The van der Waals surface area contributed by atoms with Gasteiger partial charge < -0.3 is 5.11 Å². The molecule has 0 saturated carbocycles. The Morgan fingerprint density at radius 3 is 2.47 bits per heavy atom. The zero-order chi connectivity index (χ0) is 11.3. The van der Waals surface area contributed by atoms with Gasteiger partial charge in [-0.15, -0.1) is 0 Å². The van der Waals surface area contributed by atoms with Crippen LogP contribution in [0.2, 0.25) is 0 Å². The molecule has 1 atom stereocenters. The quantitative estimate of drug-likeness (QED) is 0.782. The van der Waals surface area contributed by atoms with E-state index in [1.54, 1.807) is 25.1 Å². The van der Waals surface area contributed by atoms with Crippen LogP contribution in [0.15, 0.2) is 35.2 Å². The molecule has 2 N–H and O–H groups in total. The third-order valence-corrected chi connectivity index (χ3v) is 3.58. The maximum Gasteiger partial charge on any atom is 0.240 e. The van der Waals surface area contributed by atoms with Gasteiger partial charge >= 0.3 is 0 Å². The van der Waals surface area contributed by atoms with Crippen molar-refractivity contribution in [3.8, 4) is 0 Å². The highest BCUT2D eigenvalue weighted by molar-refractivity contribution is 7.89. The summed E-state index contributed by atoms with van der Waals surface area (Å²) in [7, 11) is -3.44. The van der Waals surface area contributed by atoms with Gasteiger partial charge in [-0.25, -0.2) is 13.1 Å². The van der Waals surface area contributed by atoms with Gasteiger partial charge in [-0.05, 0) is 25.5 Å². The Bertz CT molecular complexity index is 388. The number of hydrogen-bond acceptors (Lipinski definition) is 3. The van der Waals surface area contributed by atoms with Crippen molar-refractivity contribution in [1.29, 1.82) is 0 Å². The second kappa shape index (κ2) is 5.25. The molecule has 1 rings (SSSR count). The SMILES string of the molecule is C[C@H](CCO)NS(=O)(=O)c1ccccc1. The van der Waals surface area contributed by atoms with E-state index in [2.05, 4.69) is 4.72 Å². The maximum atomic E-state index is 11.7. The van der Waals surface area contributed by atoms with Gasteiger partial charge in [0.05, 0.1) is 4.90 Å². The molecule has 0 aromatic heterocycles. The first-order chi connectivity index (χ1) is 7.06. The second-order valence-corrected chi connectivity index (χ2v) is 5.06. The molecule has 1 aromatic carbocycles. The van der Waals surface area contributed by atoms with E-state index in [0.29, 0.717) is 6.42 Å². The molecule has 0 spiro atoms. The first kappa shape index (κ1) is 12.2. The molecule has 0 unspecified atom stereocenters. The lowest BCUT2D eigenvalue weighted by Crippen LogP contribution is -2.33. The average molecular weight is 229 g/mol. The van der Waals surface area contributed by atoms with Crippen molar-refractivity contribution in [3.05, 3.63) is 30.3 Å². The number of aliphatic hydroxyl groups excluding tert-OH is 1. The minimum atomic E-state index is -3.44. The Morgan fingerprint density at radius 2 is 1.93 bits per heavy atom. The number of benzene rings is 1. The van der Waals surface area contributed by atoms with Gasteiger partial charge in [0.1, 0.15) is 0 Å². The Labute approximate surface area is 90.0 Å². The molecule has 0 aliphatic carbocycles. The first-order valence-corrected chi connectivity index (χ1v) is 6.23. The van der Waals surface area contributed by atoms with Crippen LogP contribution < -0.4 is 4.72 Å². The summed E-state index contributed by atoms with van der Waals surface area (Å²) < 4.78 is 25.9. The highest BCUT2D eigenvalue weighted by Crippen LogP contribution is 2.08. The fraction of sp³-hybridized carbons (Fsp3) is 0.400. The predicted octanol–water partition coefficient (Wildman–Crippen LogP) is 0.736. The predicted molar refractivity (Wildman–Crippen MR) is 57.9 cm³/mol. The van der Waals surface area contributed by atoms with E-state index in [1.807, 2.05) is 0 Å². The highest BCUT2D eigenvalue weighted by atomic mass is 32.2. The summed E-state index contributed by atoms with van der Waals surface area (Å²) in [5.74, 6) is 0. The van der Waals surface area contributed by atoms with E-state index in [0.717, 1.165) is 0 Å². The van der Waals surface area contributed by atoms with Gasteiger partial charge in [-0.2, -0.15) is 0 Å². The summed E-state index contributed by atoms with van der Waals surface area (Å²) in [6, 6.07) is 7.91. The van der Waals surface area contributed by atoms with Crippen LogP contribution in [-0.4, -0.2) is 26.2 Å². The first-order valence-electron chi connectivity index (χ1n) is 4.74. The number of sulfonamides is 1. The molecule has 0 bridgehead atoms. The molecule has 5 heteroatoms. The molecule has 0 amide bonds. The van der Waals surface area contributed by atoms with Crippen molar-refractivity contribution in [2.24, 2.45) is 0 Å². The lowest BCUT2D eigenvalue weighted by Gasteiger charge is -2.12. The van der Waals surface area contributed by atoms with Crippen molar-refractivity contribution >= 4 is 10.0 Å². The van der Waals surface area contributed by atoms with Crippen molar-refractivity contribution < 1.29 is 13.5 Å². The summed E-state index contributed by atoms with van der Waals surface area (Å²) >= 11 is 0. The molecule has 0 radical (unpaired) electrons. The van der Waals surface area contributed by atoms with Crippen LogP contribution in [0.3, 0.4) is 0 Å². The number of aliphatic hydroxyl groups is 1. The van der Waals surface area contributed by atoms with E-state index < -0.39 is 10.0 Å². The third kappa shape index (κ3) is 3.62. The van der Waals surface area contributed by atoms with Crippen molar-refractivity contribution in [2.75, 3.05) is 6.61 Å². The second-order valence-electron chi connectivity index (χ2n) is 3.35. The molecule has 0 aliphatic rings. The standard InChI is InChI=1S/C10H15NO3S/c1-9(7-8-12)11-15(13,14)10-5-3-2-4-6-10/h2-6,9,11-12H,7-8H2,1H3/t9-/m1/s1. The maximum absolute atomic E-state index is 11.7. The van der Waals surface area contributed by atoms with Gasteiger partial charge in [0, 0.05) is 12.6 Å². The monoisotopic (exact) mass is 229 g/mol. The van der Waals surface area contributed by atoms with Crippen LogP contribution in [0.4, 0.5) is 0 Å². The zero-order valence-electron chi connectivity index (χ0n) is 8.55. The summed E-state index contributed by atoms with van der Waals surface area (Å²) in [5, 5.41) is 8.67. The lowest BCUT2D eigenvalue weighted by atomic mass is 10.3. The third-order valence-electron chi connectivity index (χ3n) is 1.97. The van der Waals surface area contributed by atoms with Gasteiger partial charge in [-0.3, -0.25) is 0 Å². The Balaban J connectivity index is 2.77. The lowest BCUT2D eigenvalue weighted by molar-refractivity contribution is 0.275. The Kier molecular flexibility index (Phi) is 4.26. The van der Waals surface area contributed by atoms with Crippen LogP contribution in [0.25, 0.3) is 0 Å². The largest absolute Gasteiger partial charge is 0.396 e. The molecule has 1 aromatic rings. The van der Waals surface area contributed by atoms with Crippen LogP contribution >= 0.6 is 0 Å². The van der Waals surface area contributed by atoms with E-state index in [1.165, 1.54) is 12.1 Å². The Morgan fingerprint density at radius 1 is 1.33 bits per heavy atom. The van der Waals surface area contributed by atoms with Crippen molar-refractivity contribution in [1.82, 2.24) is 4.72 Å². The Hall–Kier alpha value is -0.910. The average Bonchev–Trinajstić information content (AvgIpc) is 2.18. The molecule has 15 heavy (non-hydrogen) atoms. The minimum absolute atomic E-state index is 0.0293. The summed E-state index contributed by atoms with van der Waals surface area (Å²) in [4.78, 5) is 0.245. The molecule has 0 fully saturated rings. The van der Waals surface area contributed by atoms with Crippen LogP contribution in [0.5, 0.6) is 0 Å². The molecule has 0 heterocycles. The van der Waals surface area contributed by atoms with Crippen molar-refractivity contribution in [2.45, 2.75) is 24.3 Å². The van der Waals surface area contributed by atoms with E-state index >= 15 is 0 Å². The minimum Gasteiger partial charge on any atom is -0.396 e. The highest BCUT2D eigenvalue weighted by Gasteiger charge is 2.15. The normalized spacial score (nSPS) is 13.7. The van der Waals surface area contributed by atoms with Gasteiger partial charge in [-0.1, -0.05) is 18.2 Å². The molecule has 84 valence electrons. The van der Waals surface area contributed by atoms with Gasteiger partial charge in [0.15, 0.2) is 0 Å². The number of hydrogen-bond donors (Lipinski definition) is 2. The summed E-state index contributed by atoms with van der Waals surface area (Å²) in [6.45, 7) is 1.69. The topological polar surface area (TPSA) is 66.4 Å². The van der Waals surface area contributed by atoms with Crippen LogP contribution in [-0.2, 0) is 10.0 Å². The summed E-state index contributed by atoms with van der Waals surface area (Å²) in [5.41, 5.74) is 0. The van der Waals surface area contributed by atoms with E-state index in [9.17, 15) is 8.42 Å². The molecular formula is C10H15NO3S. The van der Waals surface area contributed by atoms with Crippen molar-refractivity contribution in [3.63, 3.8) is 0 Å². The van der Waals surface area contributed by atoms with E-state index in [-0.39, 0.29) is 17.5 Å². The molecule has 0 aliphatic heterocycles. The zero-order valence-corrected chi connectivity index (χ0v) is 9.37. The van der Waals surface area contributed by atoms with Crippen LogP contribution in [0, 0.1) is 0 Å².